The molecular formula is C21H34N4O2. The molecule has 0 aliphatic carbocycles. The number of hydrogen-bond acceptors (Lipinski definition) is 4. The van der Waals surface area contributed by atoms with Crippen molar-refractivity contribution in [3.05, 3.63) is 29.8 Å². The average molecular weight is 375 g/mol. The summed E-state index contributed by atoms with van der Waals surface area (Å²) in [7, 11) is 0. The first-order chi connectivity index (χ1) is 12.9. The van der Waals surface area contributed by atoms with E-state index in [9.17, 15) is 9.59 Å². The number of carbonyl (C=O) groups excluding carboxylic acids is 2. The van der Waals surface area contributed by atoms with Gasteiger partial charge in [-0.05, 0) is 30.9 Å². The van der Waals surface area contributed by atoms with Gasteiger partial charge in [0.15, 0.2) is 0 Å². The van der Waals surface area contributed by atoms with Crippen molar-refractivity contribution in [1.82, 2.24) is 15.1 Å². The number of aryl methyl sites for hydroxylation is 1. The minimum Gasteiger partial charge on any atom is -0.352 e. The second-order valence-electron chi connectivity index (χ2n) is 7.71. The SMILES string of the molecule is CCc1ccccc1NC(=O)CN1CCN(CC(=O)N[C@@H](C)C(C)C)CC1. The number of anilines is 1. The minimum atomic E-state index is 0.0212. The molecule has 0 unspecified atom stereocenters. The molecule has 1 aliphatic rings. The quantitative estimate of drug-likeness (QED) is 0.730. The summed E-state index contributed by atoms with van der Waals surface area (Å²) in [5, 5.41) is 6.08. The molecule has 0 bridgehead atoms. The van der Waals surface area contributed by atoms with Crippen LogP contribution in [0.15, 0.2) is 24.3 Å². The highest BCUT2D eigenvalue weighted by molar-refractivity contribution is 5.93. The summed E-state index contributed by atoms with van der Waals surface area (Å²) in [4.78, 5) is 28.8. The summed E-state index contributed by atoms with van der Waals surface area (Å²) in [5.74, 6) is 0.536. The molecule has 0 radical (unpaired) electrons. The number of piperazine rings is 1. The Balaban J connectivity index is 1.72. The van der Waals surface area contributed by atoms with Gasteiger partial charge in [-0.2, -0.15) is 0 Å². The highest BCUT2D eigenvalue weighted by Crippen LogP contribution is 2.15. The van der Waals surface area contributed by atoms with E-state index >= 15 is 0 Å². The lowest BCUT2D eigenvalue weighted by atomic mass is 10.1. The molecule has 0 aromatic heterocycles. The number of hydrogen-bond donors (Lipinski definition) is 2. The lowest BCUT2D eigenvalue weighted by molar-refractivity contribution is -0.124. The van der Waals surface area contributed by atoms with Crippen LogP contribution in [0.5, 0.6) is 0 Å². The van der Waals surface area contributed by atoms with Crippen molar-refractivity contribution < 1.29 is 9.59 Å². The predicted octanol–water partition coefficient (Wildman–Crippen LogP) is 1.97. The van der Waals surface area contributed by atoms with E-state index < -0.39 is 0 Å². The average Bonchev–Trinajstić information content (AvgIpc) is 2.63. The summed E-state index contributed by atoms with van der Waals surface area (Å²) in [6, 6.07) is 8.11. The van der Waals surface area contributed by atoms with Crippen molar-refractivity contribution in [2.24, 2.45) is 5.92 Å². The molecule has 1 atom stereocenters. The van der Waals surface area contributed by atoms with Gasteiger partial charge in [-0.1, -0.05) is 39.0 Å². The van der Waals surface area contributed by atoms with E-state index in [-0.39, 0.29) is 17.9 Å². The third-order valence-electron chi connectivity index (χ3n) is 5.26. The minimum absolute atomic E-state index is 0.0212. The second-order valence-corrected chi connectivity index (χ2v) is 7.71. The molecule has 1 aliphatic heterocycles. The first-order valence-corrected chi connectivity index (χ1v) is 10.0. The molecule has 2 amide bonds. The van der Waals surface area contributed by atoms with Crippen LogP contribution in [0, 0.1) is 5.92 Å². The summed E-state index contributed by atoms with van der Waals surface area (Å²) >= 11 is 0. The van der Waals surface area contributed by atoms with Gasteiger partial charge in [0.05, 0.1) is 13.1 Å². The molecule has 150 valence electrons. The zero-order chi connectivity index (χ0) is 19.8. The van der Waals surface area contributed by atoms with Gasteiger partial charge in [0.1, 0.15) is 0 Å². The van der Waals surface area contributed by atoms with Gasteiger partial charge < -0.3 is 10.6 Å². The van der Waals surface area contributed by atoms with E-state index in [2.05, 4.69) is 41.2 Å². The number of nitrogens with one attached hydrogen (secondary N) is 2. The van der Waals surface area contributed by atoms with Crippen molar-refractivity contribution in [1.29, 1.82) is 0 Å². The molecule has 2 rings (SSSR count). The Hall–Kier alpha value is -1.92. The van der Waals surface area contributed by atoms with Crippen LogP contribution in [0.1, 0.15) is 33.3 Å². The van der Waals surface area contributed by atoms with Gasteiger partial charge in [-0.15, -0.1) is 0 Å². The Morgan fingerprint density at radius 1 is 0.963 bits per heavy atom. The van der Waals surface area contributed by atoms with E-state index in [1.54, 1.807) is 0 Å². The number of para-hydroxylation sites is 1. The first kappa shape index (κ1) is 21.4. The van der Waals surface area contributed by atoms with Crippen LogP contribution in [-0.4, -0.2) is 66.9 Å². The van der Waals surface area contributed by atoms with E-state index in [0.29, 0.717) is 19.0 Å². The number of nitrogens with zero attached hydrogens (tertiary/aromatic N) is 2. The van der Waals surface area contributed by atoms with Crippen LogP contribution in [-0.2, 0) is 16.0 Å². The maximum atomic E-state index is 12.4. The fourth-order valence-electron chi connectivity index (χ4n) is 3.12. The molecule has 6 heteroatoms. The topological polar surface area (TPSA) is 64.7 Å². The van der Waals surface area contributed by atoms with Gasteiger partial charge in [0.25, 0.3) is 0 Å². The lowest BCUT2D eigenvalue weighted by Crippen LogP contribution is -2.51. The zero-order valence-corrected chi connectivity index (χ0v) is 17.1. The number of amides is 2. The summed E-state index contributed by atoms with van der Waals surface area (Å²) < 4.78 is 0. The predicted molar refractivity (Wildman–Crippen MR) is 110 cm³/mol. The van der Waals surface area contributed by atoms with Gasteiger partial charge in [-0.25, -0.2) is 0 Å². The van der Waals surface area contributed by atoms with Crippen LogP contribution in [0.3, 0.4) is 0 Å². The Morgan fingerprint density at radius 3 is 2.07 bits per heavy atom. The third kappa shape index (κ3) is 6.96. The standard InChI is InChI=1S/C21H34N4O2/c1-5-18-8-6-7-9-19(18)23-21(27)15-25-12-10-24(11-13-25)14-20(26)22-17(4)16(2)3/h6-9,16-17H,5,10-15H2,1-4H3,(H,22,26)(H,23,27)/t17-/m0/s1. The largest absolute Gasteiger partial charge is 0.352 e. The maximum absolute atomic E-state index is 12.4. The summed E-state index contributed by atoms with van der Waals surface area (Å²) in [6.45, 7) is 12.4. The molecule has 1 aromatic rings. The number of rotatable bonds is 8. The number of benzene rings is 1. The molecule has 27 heavy (non-hydrogen) atoms. The van der Waals surface area contributed by atoms with Crippen LogP contribution < -0.4 is 10.6 Å². The Bertz CT molecular complexity index is 624. The first-order valence-electron chi connectivity index (χ1n) is 10.0. The van der Waals surface area contributed by atoms with Crippen LogP contribution >= 0.6 is 0 Å². The zero-order valence-electron chi connectivity index (χ0n) is 17.1. The molecule has 1 aromatic carbocycles. The summed E-state index contributed by atoms with van der Waals surface area (Å²) in [5.41, 5.74) is 2.05. The Labute approximate surface area is 163 Å². The highest BCUT2D eigenvalue weighted by Gasteiger charge is 2.21. The van der Waals surface area contributed by atoms with E-state index in [1.165, 1.54) is 0 Å². The van der Waals surface area contributed by atoms with Crippen LogP contribution in [0.25, 0.3) is 0 Å². The van der Waals surface area contributed by atoms with Gasteiger partial charge in [0, 0.05) is 37.9 Å². The second kappa shape index (κ2) is 10.4. The van der Waals surface area contributed by atoms with Crippen molar-refractivity contribution in [3.63, 3.8) is 0 Å². The normalized spacial score (nSPS) is 16.9. The van der Waals surface area contributed by atoms with Crippen molar-refractivity contribution >= 4 is 17.5 Å². The van der Waals surface area contributed by atoms with Gasteiger partial charge >= 0.3 is 0 Å². The molecular weight excluding hydrogens is 340 g/mol. The number of carbonyl (C=O) groups is 2. The highest BCUT2D eigenvalue weighted by atomic mass is 16.2. The molecule has 0 spiro atoms. The molecule has 0 saturated carbocycles. The molecule has 2 N–H and O–H groups in total. The van der Waals surface area contributed by atoms with Gasteiger partial charge in [0.2, 0.25) is 11.8 Å². The Kier molecular flexibility index (Phi) is 8.25. The van der Waals surface area contributed by atoms with Crippen LogP contribution in [0.2, 0.25) is 0 Å². The van der Waals surface area contributed by atoms with Crippen molar-refractivity contribution in [3.8, 4) is 0 Å². The van der Waals surface area contributed by atoms with Gasteiger partial charge in [-0.3, -0.25) is 19.4 Å². The molecule has 6 nitrogen and oxygen atoms in total. The smallest absolute Gasteiger partial charge is 0.238 e. The maximum Gasteiger partial charge on any atom is 0.238 e. The molecule has 1 fully saturated rings. The van der Waals surface area contributed by atoms with Crippen molar-refractivity contribution in [2.75, 3.05) is 44.6 Å². The van der Waals surface area contributed by atoms with E-state index in [0.717, 1.165) is 43.9 Å². The van der Waals surface area contributed by atoms with Crippen LogP contribution in [0.4, 0.5) is 5.69 Å². The van der Waals surface area contributed by atoms with E-state index in [4.69, 9.17) is 0 Å². The fraction of sp³-hybridized carbons (Fsp3) is 0.619. The molecule has 1 saturated heterocycles. The summed E-state index contributed by atoms with van der Waals surface area (Å²) in [6.07, 6.45) is 0.895. The fourth-order valence-corrected chi connectivity index (χ4v) is 3.12. The molecule has 1 heterocycles. The third-order valence-corrected chi connectivity index (χ3v) is 5.26. The lowest BCUT2D eigenvalue weighted by Gasteiger charge is -2.34. The monoisotopic (exact) mass is 374 g/mol. The van der Waals surface area contributed by atoms with Crippen molar-refractivity contribution in [2.45, 2.75) is 40.2 Å². The van der Waals surface area contributed by atoms with E-state index in [1.807, 2.05) is 31.2 Å². The Morgan fingerprint density at radius 2 is 1.52 bits per heavy atom.